The van der Waals surface area contributed by atoms with Gasteiger partial charge in [-0.25, -0.2) is 4.79 Å². The van der Waals surface area contributed by atoms with Crippen molar-refractivity contribution in [3.8, 4) is 11.8 Å². The van der Waals surface area contributed by atoms with Gasteiger partial charge in [-0.15, -0.1) is 0 Å². The zero-order chi connectivity index (χ0) is 10.3. The number of rotatable bonds is 1. The van der Waals surface area contributed by atoms with Gasteiger partial charge in [0.2, 0.25) is 0 Å². The van der Waals surface area contributed by atoms with E-state index < -0.39 is 5.97 Å². The molecule has 0 unspecified atom stereocenters. The van der Waals surface area contributed by atoms with Crippen LogP contribution >= 0.6 is 15.9 Å². The number of esters is 1. The van der Waals surface area contributed by atoms with E-state index in [4.69, 9.17) is 0 Å². The summed E-state index contributed by atoms with van der Waals surface area (Å²) in [6, 6.07) is 0. The predicted octanol–water partition coefficient (Wildman–Crippen LogP) is 2.41. The molecule has 13 heavy (non-hydrogen) atoms. The normalized spacial score (nSPS) is 11.7. The van der Waals surface area contributed by atoms with Crippen LogP contribution in [0.5, 0.6) is 0 Å². The van der Waals surface area contributed by atoms with Gasteiger partial charge in [0.1, 0.15) is 4.48 Å². The van der Waals surface area contributed by atoms with Crippen LogP contribution in [0.25, 0.3) is 0 Å². The fraction of sp³-hybridized carbons (Fsp3) is 0.300. The Morgan fingerprint density at radius 3 is 2.62 bits per heavy atom. The summed E-state index contributed by atoms with van der Waals surface area (Å²) in [6.07, 6.45) is 3.37. The first kappa shape index (κ1) is 12.0. The van der Waals surface area contributed by atoms with Crippen molar-refractivity contribution >= 4 is 21.9 Å². The highest BCUT2D eigenvalue weighted by Crippen LogP contribution is 2.05. The van der Waals surface area contributed by atoms with Crippen molar-refractivity contribution in [2.45, 2.75) is 13.8 Å². The summed E-state index contributed by atoms with van der Waals surface area (Å²) >= 11 is 3.04. The number of ether oxygens (including phenoxy) is 1. The molecular formula is C10H11BrO2. The summed E-state index contributed by atoms with van der Waals surface area (Å²) in [7, 11) is 1.32. The lowest BCUT2D eigenvalue weighted by molar-refractivity contribution is -0.135. The molecule has 0 aliphatic rings. The number of carbonyl (C=O) groups is 1. The third kappa shape index (κ3) is 5.26. The van der Waals surface area contributed by atoms with E-state index in [1.807, 2.05) is 19.9 Å². The minimum atomic E-state index is -0.424. The molecule has 0 aliphatic carbocycles. The van der Waals surface area contributed by atoms with E-state index in [0.717, 1.165) is 5.57 Å². The van der Waals surface area contributed by atoms with Gasteiger partial charge in [0.25, 0.3) is 0 Å². The van der Waals surface area contributed by atoms with Gasteiger partial charge in [-0.05, 0) is 35.4 Å². The number of halogens is 1. The molecule has 0 aliphatic heterocycles. The summed E-state index contributed by atoms with van der Waals surface area (Å²) in [6.45, 7) is 3.80. The van der Waals surface area contributed by atoms with Crippen LogP contribution in [0.2, 0.25) is 0 Å². The van der Waals surface area contributed by atoms with Crippen LogP contribution in [0.4, 0.5) is 0 Å². The van der Waals surface area contributed by atoms with Gasteiger partial charge < -0.3 is 4.74 Å². The van der Waals surface area contributed by atoms with Gasteiger partial charge >= 0.3 is 5.97 Å². The van der Waals surface area contributed by atoms with Crippen molar-refractivity contribution in [1.82, 2.24) is 0 Å². The standard InChI is InChI=1S/C10H11BrO2/c1-4-8(2)6-5-7-9(11)10(12)13-3/h4,7H,1-3H3/b8-4+,9-7+. The molecule has 0 saturated carbocycles. The van der Waals surface area contributed by atoms with Crippen LogP contribution in [0, 0.1) is 11.8 Å². The third-order valence-electron chi connectivity index (χ3n) is 1.28. The second kappa shape index (κ2) is 6.50. The van der Waals surface area contributed by atoms with Crippen LogP contribution in [-0.2, 0) is 9.53 Å². The van der Waals surface area contributed by atoms with Crippen molar-refractivity contribution in [1.29, 1.82) is 0 Å². The summed E-state index contributed by atoms with van der Waals surface area (Å²) in [5.74, 6) is 5.14. The number of carbonyl (C=O) groups excluding carboxylic acids is 1. The second-order valence-corrected chi connectivity index (χ2v) is 3.08. The van der Waals surface area contributed by atoms with Crippen molar-refractivity contribution in [3.63, 3.8) is 0 Å². The molecule has 0 spiro atoms. The topological polar surface area (TPSA) is 26.3 Å². The first-order valence-corrected chi connectivity index (χ1v) is 4.49. The lowest BCUT2D eigenvalue weighted by atomic mass is 10.3. The zero-order valence-electron chi connectivity index (χ0n) is 7.85. The molecule has 0 aromatic rings. The Labute approximate surface area is 86.8 Å². The molecule has 0 heterocycles. The summed E-state index contributed by atoms with van der Waals surface area (Å²) in [5.41, 5.74) is 0.960. The van der Waals surface area contributed by atoms with Gasteiger partial charge in [0.05, 0.1) is 7.11 Å². The molecule has 70 valence electrons. The Morgan fingerprint density at radius 1 is 1.54 bits per heavy atom. The first-order chi connectivity index (χ1) is 6.11. The van der Waals surface area contributed by atoms with Crippen molar-refractivity contribution in [2.24, 2.45) is 0 Å². The van der Waals surface area contributed by atoms with Gasteiger partial charge in [-0.3, -0.25) is 0 Å². The molecule has 0 aromatic carbocycles. The molecule has 0 bridgehead atoms. The van der Waals surface area contributed by atoms with Crippen molar-refractivity contribution in [3.05, 3.63) is 22.2 Å². The predicted molar refractivity (Wildman–Crippen MR) is 56.2 cm³/mol. The zero-order valence-corrected chi connectivity index (χ0v) is 9.44. The minimum Gasteiger partial charge on any atom is -0.465 e. The molecule has 0 N–H and O–H groups in total. The monoisotopic (exact) mass is 242 g/mol. The van der Waals surface area contributed by atoms with E-state index >= 15 is 0 Å². The van der Waals surface area contributed by atoms with E-state index in [1.165, 1.54) is 13.2 Å². The summed E-state index contributed by atoms with van der Waals surface area (Å²) < 4.78 is 4.78. The Bertz CT molecular complexity index is 303. The van der Waals surface area contributed by atoms with Gasteiger partial charge in [0.15, 0.2) is 0 Å². The number of hydrogen-bond acceptors (Lipinski definition) is 2. The number of hydrogen-bond donors (Lipinski definition) is 0. The van der Waals surface area contributed by atoms with Gasteiger partial charge in [0, 0.05) is 6.08 Å². The Balaban J connectivity index is 4.40. The molecule has 0 fully saturated rings. The summed E-state index contributed by atoms with van der Waals surface area (Å²) in [4.78, 5) is 10.8. The van der Waals surface area contributed by atoms with E-state index in [9.17, 15) is 4.79 Å². The maximum Gasteiger partial charge on any atom is 0.345 e. The van der Waals surface area contributed by atoms with Crippen LogP contribution in [0.1, 0.15) is 13.8 Å². The first-order valence-electron chi connectivity index (χ1n) is 3.70. The third-order valence-corrected chi connectivity index (χ3v) is 1.83. The average Bonchev–Trinajstić information content (AvgIpc) is 2.15. The van der Waals surface area contributed by atoms with E-state index in [2.05, 4.69) is 32.5 Å². The highest BCUT2D eigenvalue weighted by Gasteiger charge is 2.02. The van der Waals surface area contributed by atoms with E-state index in [1.54, 1.807) is 0 Å². The Hall–Kier alpha value is -1.01. The largest absolute Gasteiger partial charge is 0.465 e. The lowest BCUT2D eigenvalue weighted by Gasteiger charge is -1.92. The Morgan fingerprint density at radius 2 is 2.15 bits per heavy atom. The quantitative estimate of drug-likeness (QED) is 0.401. The molecule has 0 atom stereocenters. The molecular weight excluding hydrogens is 232 g/mol. The van der Waals surface area contributed by atoms with Crippen LogP contribution in [-0.4, -0.2) is 13.1 Å². The minimum absolute atomic E-state index is 0.325. The number of methoxy groups -OCH3 is 1. The van der Waals surface area contributed by atoms with Crippen LogP contribution < -0.4 is 0 Å². The molecule has 0 aromatic heterocycles. The average molecular weight is 243 g/mol. The molecule has 0 saturated heterocycles. The lowest BCUT2D eigenvalue weighted by Crippen LogP contribution is -1.98. The fourth-order valence-electron chi connectivity index (χ4n) is 0.442. The highest BCUT2D eigenvalue weighted by atomic mass is 79.9. The van der Waals surface area contributed by atoms with E-state index in [-0.39, 0.29) is 0 Å². The highest BCUT2D eigenvalue weighted by molar-refractivity contribution is 9.12. The SMILES string of the molecule is C/C=C(\C)C#C/C=C(/Br)C(=O)OC. The number of allylic oxidation sites excluding steroid dienone is 3. The van der Waals surface area contributed by atoms with Gasteiger partial charge in [-0.1, -0.05) is 17.9 Å². The van der Waals surface area contributed by atoms with Crippen molar-refractivity contribution in [2.75, 3.05) is 7.11 Å². The Kier molecular flexibility index (Phi) is 5.99. The van der Waals surface area contributed by atoms with Crippen molar-refractivity contribution < 1.29 is 9.53 Å². The van der Waals surface area contributed by atoms with Crippen LogP contribution in [0.3, 0.4) is 0 Å². The summed E-state index contributed by atoms with van der Waals surface area (Å²) in [5, 5.41) is 0. The molecule has 0 amide bonds. The maximum absolute atomic E-state index is 10.8. The molecule has 0 radical (unpaired) electrons. The fourth-order valence-corrected chi connectivity index (χ4v) is 0.718. The van der Waals surface area contributed by atoms with Gasteiger partial charge in [-0.2, -0.15) is 0 Å². The molecule has 2 nitrogen and oxygen atoms in total. The van der Waals surface area contributed by atoms with Crippen LogP contribution in [0.15, 0.2) is 22.2 Å². The van der Waals surface area contributed by atoms with E-state index in [0.29, 0.717) is 4.48 Å². The second-order valence-electron chi connectivity index (χ2n) is 2.22. The smallest absolute Gasteiger partial charge is 0.345 e. The molecule has 3 heteroatoms. The molecule has 0 rings (SSSR count). The maximum atomic E-state index is 10.8.